The van der Waals surface area contributed by atoms with Crippen LogP contribution in [0.4, 0.5) is 8.78 Å². The van der Waals surface area contributed by atoms with Crippen LogP contribution >= 0.6 is 0 Å². The molecule has 1 saturated carbocycles. The predicted octanol–water partition coefficient (Wildman–Crippen LogP) is 1.89. The van der Waals surface area contributed by atoms with E-state index in [1.807, 2.05) is 0 Å². The number of methoxy groups -OCH3 is 1. The van der Waals surface area contributed by atoms with Gasteiger partial charge in [-0.05, 0) is 12.8 Å². The minimum absolute atomic E-state index is 0.0622. The SMILES string of the molecule is COCCC(=O)N1CC(F)(F)C[C@H]1c1nc(C2CC2)no1. The first-order valence-electron chi connectivity index (χ1n) is 7.00. The monoisotopic (exact) mass is 301 g/mol. The van der Waals surface area contributed by atoms with Crippen LogP contribution in [0, 0.1) is 0 Å². The number of likely N-dealkylation sites (tertiary alicyclic amines) is 1. The Morgan fingerprint density at radius 1 is 1.52 bits per heavy atom. The molecule has 0 N–H and O–H groups in total. The van der Waals surface area contributed by atoms with Gasteiger partial charge in [-0.25, -0.2) is 8.78 Å². The Morgan fingerprint density at radius 2 is 2.29 bits per heavy atom. The van der Waals surface area contributed by atoms with Crippen molar-refractivity contribution in [3.63, 3.8) is 0 Å². The van der Waals surface area contributed by atoms with Crippen LogP contribution < -0.4 is 0 Å². The Bertz CT molecular complexity index is 530. The molecule has 116 valence electrons. The van der Waals surface area contributed by atoms with E-state index >= 15 is 0 Å². The molecule has 1 saturated heterocycles. The highest BCUT2D eigenvalue weighted by Gasteiger charge is 2.49. The summed E-state index contributed by atoms with van der Waals surface area (Å²) < 4.78 is 37.3. The highest BCUT2D eigenvalue weighted by Crippen LogP contribution is 2.43. The number of rotatable bonds is 5. The second-order valence-corrected chi connectivity index (χ2v) is 5.61. The van der Waals surface area contributed by atoms with E-state index < -0.39 is 24.9 Å². The maximum absolute atomic E-state index is 13.7. The first-order valence-corrected chi connectivity index (χ1v) is 7.00. The summed E-state index contributed by atoms with van der Waals surface area (Å²) in [5, 5.41) is 3.83. The lowest BCUT2D eigenvalue weighted by atomic mass is 10.2. The Hall–Kier alpha value is -1.57. The Morgan fingerprint density at radius 3 is 2.95 bits per heavy atom. The smallest absolute Gasteiger partial charge is 0.267 e. The fourth-order valence-corrected chi connectivity index (χ4v) is 2.52. The van der Waals surface area contributed by atoms with E-state index in [0.717, 1.165) is 17.7 Å². The van der Waals surface area contributed by atoms with Crippen LogP contribution in [-0.2, 0) is 9.53 Å². The summed E-state index contributed by atoms with van der Waals surface area (Å²) in [6.07, 6.45) is 1.58. The number of ether oxygens (including phenoxy) is 1. The maximum atomic E-state index is 13.7. The van der Waals surface area contributed by atoms with Crippen LogP contribution in [0.15, 0.2) is 4.52 Å². The average molecular weight is 301 g/mol. The molecule has 21 heavy (non-hydrogen) atoms. The molecule has 6 nitrogen and oxygen atoms in total. The highest BCUT2D eigenvalue weighted by atomic mass is 19.3. The molecule has 1 atom stereocenters. The summed E-state index contributed by atoms with van der Waals surface area (Å²) in [7, 11) is 1.46. The van der Waals surface area contributed by atoms with Gasteiger partial charge in [0.15, 0.2) is 5.82 Å². The molecule has 3 rings (SSSR count). The number of aromatic nitrogens is 2. The van der Waals surface area contributed by atoms with Crippen molar-refractivity contribution in [3.8, 4) is 0 Å². The predicted molar refractivity (Wildman–Crippen MR) is 66.8 cm³/mol. The highest BCUT2D eigenvalue weighted by molar-refractivity contribution is 5.77. The van der Waals surface area contributed by atoms with Crippen LogP contribution in [0.5, 0.6) is 0 Å². The molecule has 1 aliphatic heterocycles. The van der Waals surface area contributed by atoms with Gasteiger partial charge in [-0.1, -0.05) is 5.16 Å². The molecule has 0 unspecified atom stereocenters. The second-order valence-electron chi connectivity index (χ2n) is 5.61. The average Bonchev–Trinajstić information content (AvgIpc) is 3.08. The Balaban J connectivity index is 1.77. The van der Waals surface area contributed by atoms with Crippen LogP contribution in [0.25, 0.3) is 0 Å². The van der Waals surface area contributed by atoms with E-state index in [9.17, 15) is 13.6 Å². The van der Waals surface area contributed by atoms with E-state index in [2.05, 4.69) is 10.1 Å². The van der Waals surface area contributed by atoms with Gasteiger partial charge in [0.25, 0.3) is 5.92 Å². The molecule has 1 aromatic rings. The summed E-state index contributed by atoms with van der Waals surface area (Å²) in [5.41, 5.74) is 0. The molecule has 1 aromatic heterocycles. The van der Waals surface area contributed by atoms with Crippen molar-refractivity contribution in [1.29, 1.82) is 0 Å². The van der Waals surface area contributed by atoms with Gasteiger partial charge in [0, 0.05) is 19.4 Å². The number of carbonyl (C=O) groups excluding carboxylic acids is 1. The molecule has 0 spiro atoms. The lowest BCUT2D eigenvalue weighted by molar-refractivity contribution is -0.134. The van der Waals surface area contributed by atoms with Gasteiger partial charge in [0.05, 0.1) is 19.6 Å². The van der Waals surface area contributed by atoms with Crippen LogP contribution in [0.1, 0.15) is 49.4 Å². The van der Waals surface area contributed by atoms with E-state index in [-0.39, 0.29) is 30.7 Å². The van der Waals surface area contributed by atoms with E-state index in [0.29, 0.717) is 5.82 Å². The molecule has 0 bridgehead atoms. The van der Waals surface area contributed by atoms with Crippen molar-refractivity contribution in [2.75, 3.05) is 20.3 Å². The minimum Gasteiger partial charge on any atom is -0.384 e. The van der Waals surface area contributed by atoms with Crippen LogP contribution in [-0.4, -0.2) is 47.1 Å². The van der Waals surface area contributed by atoms with Crippen molar-refractivity contribution in [3.05, 3.63) is 11.7 Å². The van der Waals surface area contributed by atoms with Gasteiger partial charge >= 0.3 is 0 Å². The third-order valence-electron chi connectivity index (χ3n) is 3.80. The molecule has 8 heteroatoms. The van der Waals surface area contributed by atoms with Gasteiger partial charge in [-0.3, -0.25) is 4.79 Å². The van der Waals surface area contributed by atoms with Gasteiger partial charge in [0.1, 0.15) is 6.04 Å². The standard InChI is InChI=1S/C13H17F2N3O3/c1-20-5-4-10(19)18-7-13(14,15)6-9(18)12-16-11(17-21-12)8-2-3-8/h8-9H,2-7H2,1H3/t9-/m0/s1. The fourth-order valence-electron chi connectivity index (χ4n) is 2.52. The summed E-state index contributed by atoms with van der Waals surface area (Å²) in [6, 6.07) is -0.843. The van der Waals surface area contributed by atoms with Crippen molar-refractivity contribution < 1.29 is 22.8 Å². The third kappa shape index (κ3) is 3.04. The van der Waals surface area contributed by atoms with Crippen LogP contribution in [0.2, 0.25) is 0 Å². The summed E-state index contributed by atoms with van der Waals surface area (Å²) in [4.78, 5) is 17.4. The number of hydrogen-bond acceptors (Lipinski definition) is 5. The zero-order valence-electron chi connectivity index (χ0n) is 11.7. The van der Waals surface area contributed by atoms with Gasteiger partial charge in [-0.15, -0.1) is 0 Å². The zero-order chi connectivity index (χ0) is 15.0. The Kier molecular flexibility index (Phi) is 3.64. The number of nitrogens with zero attached hydrogens (tertiary/aromatic N) is 3. The topological polar surface area (TPSA) is 68.5 Å². The third-order valence-corrected chi connectivity index (χ3v) is 3.80. The summed E-state index contributed by atoms with van der Waals surface area (Å²) in [6.45, 7) is -0.411. The normalized spacial score (nSPS) is 24.5. The minimum atomic E-state index is -2.93. The number of halogens is 2. The van der Waals surface area contributed by atoms with E-state index in [1.54, 1.807) is 0 Å². The van der Waals surface area contributed by atoms with Crippen molar-refractivity contribution in [2.45, 2.75) is 43.6 Å². The number of amides is 1. The molecule has 2 fully saturated rings. The summed E-state index contributed by atoms with van der Waals surface area (Å²) in [5.74, 6) is -2.36. The van der Waals surface area contributed by atoms with Crippen molar-refractivity contribution in [1.82, 2.24) is 15.0 Å². The lowest BCUT2D eigenvalue weighted by Gasteiger charge is -2.20. The quantitative estimate of drug-likeness (QED) is 0.830. The molecule has 2 aliphatic rings. The first kappa shape index (κ1) is 14.4. The van der Waals surface area contributed by atoms with E-state index in [4.69, 9.17) is 9.26 Å². The van der Waals surface area contributed by atoms with Gasteiger partial charge < -0.3 is 14.2 Å². The van der Waals surface area contributed by atoms with Gasteiger partial charge in [0.2, 0.25) is 11.8 Å². The molecule has 0 aromatic carbocycles. The van der Waals surface area contributed by atoms with Crippen molar-refractivity contribution >= 4 is 5.91 Å². The first-order chi connectivity index (χ1) is 10.00. The lowest BCUT2D eigenvalue weighted by Crippen LogP contribution is -2.33. The van der Waals surface area contributed by atoms with E-state index in [1.165, 1.54) is 7.11 Å². The largest absolute Gasteiger partial charge is 0.384 e. The number of alkyl halides is 2. The molecule has 2 heterocycles. The molecule has 0 radical (unpaired) electrons. The number of hydrogen-bond donors (Lipinski definition) is 0. The maximum Gasteiger partial charge on any atom is 0.267 e. The molecular weight excluding hydrogens is 284 g/mol. The molecule has 1 aliphatic carbocycles. The molecule has 1 amide bonds. The molecular formula is C13H17F2N3O3. The van der Waals surface area contributed by atoms with Gasteiger partial charge in [-0.2, -0.15) is 4.98 Å². The second kappa shape index (κ2) is 5.32. The summed E-state index contributed by atoms with van der Waals surface area (Å²) >= 11 is 0. The van der Waals surface area contributed by atoms with Crippen molar-refractivity contribution in [2.24, 2.45) is 0 Å². The Labute approximate surface area is 120 Å². The van der Waals surface area contributed by atoms with Crippen LogP contribution in [0.3, 0.4) is 0 Å². The number of carbonyl (C=O) groups is 1. The fraction of sp³-hybridized carbons (Fsp3) is 0.769. The zero-order valence-corrected chi connectivity index (χ0v) is 11.7.